The van der Waals surface area contributed by atoms with Gasteiger partial charge in [-0.05, 0) is 74.7 Å². The van der Waals surface area contributed by atoms with Gasteiger partial charge in [-0.15, -0.1) is 0 Å². The number of aryl methyl sites for hydroxylation is 1. The van der Waals surface area contributed by atoms with Crippen LogP contribution in [0.3, 0.4) is 0 Å². The molecule has 2 amide bonds. The number of halogens is 1. The first-order chi connectivity index (χ1) is 20.0. The normalized spacial score (nSPS) is 14.0. The van der Waals surface area contributed by atoms with Crippen molar-refractivity contribution in [2.75, 3.05) is 24.1 Å². The van der Waals surface area contributed by atoms with E-state index in [9.17, 15) is 22.4 Å². The minimum Gasteiger partial charge on any atom is -0.486 e. The highest BCUT2D eigenvalue weighted by molar-refractivity contribution is 7.92. The Balaban J connectivity index is 1.72. The molecule has 9 nitrogen and oxygen atoms in total. The predicted octanol–water partition coefficient (Wildman–Crippen LogP) is 4.43. The summed E-state index contributed by atoms with van der Waals surface area (Å²) < 4.78 is 54.0. The summed E-state index contributed by atoms with van der Waals surface area (Å²) in [6, 6.07) is 15.5. The number of sulfonamides is 1. The molecule has 0 saturated carbocycles. The molecule has 1 aliphatic heterocycles. The molecule has 0 fully saturated rings. The smallest absolute Gasteiger partial charge is 0.264 e. The summed E-state index contributed by atoms with van der Waals surface area (Å²) in [7, 11) is -4.35. The molecule has 3 aromatic carbocycles. The summed E-state index contributed by atoms with van der Waals surface area (Å²) in [5.74, 6) is -0.831. The third kappa shape index (κ3) is 7.02. The summed E-state index contributed by atoms with van der Waals surface area (Å²) in [6.07, 6.45) is 0.705. The van der Waals surface area contributed by atoms with Gasteiger partial charge in [-0.3, -0.25) is 13.9 Å². The van der Waals surface area contributed by atoms with Gasteiger partial charge in [0.2, 0.25) is 11.8 Å². The number of amides is 2. The fourth-order valence-electron chi connectivity index (χ4n) is 4.47. The quantitative estimate of drug-likeness (QED) is 0.351. The van der Waals surface area contributed by atoms with E-state index in [0.717, 1.165) is 27.6 Å². The molecule has 224 valence electrons. The Morgan fingerprint density at radius 1 is 0.976 bits per heavy atom. The highest BCUT2D eigenvalue weighted by Crippen LogP contribution is 2.34. The highest BCUT2D eigenvalue weighted by Gasteiger charge is 2.33. The van der Waals surface area contributed by atoms with Crippen molar-refractivity contribution >= 4 is 27.5 Å². The van der Waals surface area contributed by atoms with E-state index in [2.05, 4.69) is 5.32 Å². The van der Waals surface area contributed by atoms with Crippen molar-refractivity contribution < 1.29 is 31.9 Å². The van der Waals surface area contributed by atoms with Crippen LogP contribution in [0.4, 0.5) is 10.1 Å². The van der Waals surface area contributed by atoms with Gasteiger partial charge in [-0.1, -0.05) is 31.2 Å². The molecular formula is C31H36FN3O6S. The lowest BCUT2D eigenvalue weighted by atomic mass is 10.1. The highest BCUT2D eigenvalue weighted by atomic mass is 32.2. The first-order valence-electron chi connectivity index (χ1n) is 13.8. The molecule has 0 spiro atoms. The lowest BCUT2D eigenvalue weighted by Gasteiger charge is -2.33. The van der Waals surface area contributed by atoms with E-state index in [4.69, 9.17) is 9.47 Å². The summed E-state index contributed by atoms with van der Waals surface area (Å²) in [4.78, 5) is 28.5. The van der Waals surface area contributed by atoms with E-state index in [1.54, 1.807) is 6.92 Å². The van der Waals surface area contributed by atoms with Crippen molar-refractivity contribution in [2.45, 2.75) is 57.6 Å². The molecule has 1 heterocycles. The summed E-state index contributed by atoms with van der Waals surface area (Å²) in [5, 5.41) is 2.91. The topological polar surface area (TPSA) is 105 Å². The van der Waals surface area contributed by atoms with Gasteiger partial charge in [0.15, 0.2) is 11.5 Å². The Morgan fingerprint density at radius 2 is 1.64 bits per heavy atom. The molecule has 1 N–H and O–H groups in total. The minimum absolute atomic E-state index is 0.0852. The van der Waals surface area contributed by atoms with Crippen LogP contribution >= 0.6 is 0 Å². The SMILES string of the molecule is CC[C@@H](C)NC(=O)[C@@H](C)N(Cc1ccccc1C)C(=O)CN(c1ccc(F)cc1)S(=O)(=O)c1ccc2c(c1)OCCO2. The fraction of sp³-hybridized carbons (Fsp3) is 0.355. The van der Waals surface area contributed by atoms with Crippen LogP contribution in [0.25, 0.3) is 0 Å². The number of nitrogens with zero attached hydrogens (tertiary/aromatic N) is 2. The molecule has 1 aliphatic rings. The molecule has 3 aromatic rings. The first kappa shape index (κ1) is 30.8. The number of carbonyl (C=O) groups is 2. The second-order valence-corrected chi connectivity index (χ2v) is 12.1. The monoisotopic (exact) mass is 597 g/mol. The van der Waals surface area contributed by atoms with Crippen molar-refractivity contribution in [3.63, 3.8) is 0 Å². The van der Waals surface area contributed by atoms with Gasteiger partial charge in [-0.25, -0.2) is 12.8 Å². The van der Waals surface area contributed by atoms with E-state index >= 15 is 0 Å². The molecule has 0 bridgehead atoms. The third-order valence-corrected chi connectivity index (χ3v) is 9.04. The van der Waals surface area contributed by atoms with Crippen molar-refractivity contribution in [3.05, 3.63) is 83.7 Å². The Labute approximate surface area is 246 Å². The van der Waals surface area contributed by atoms with Crippen LogP contribution in [0.1, 0.15) is 38.3 Å². The minimum atomic E-state index is -4.35. The Hall–Kier alpha value is -4.12. The molecule has 4 rings (SSSR count). The first-order valence-corrected chi connectivity index (χ1v) is 15.3. The Bertz CT molecular complexity index is 1530. The standard InChI is InChI=1S/C31H36FN3O6S/c1-5-22(3)33-31(37)23(4)34(19-24-9-7-6-8-21(24)2)30(36)20-35(26-12-10-25(32)11-13-26)42(38,39)27-14-15-28-29(18-27)41-17-16-40-28/h6-15,18,22-23H,5,16-17,19-20H2,1-4H3,(H,33,37)/t22-,23-/m1/s1. The largest absolute Gasteiger partial charge is 0.486 e. The van der Waals surface area contributed by atoms with Crippen molar-refractivity contribution in [3.8, 4) is 11.5 Å². The number of nitrogens with one attached hydrogen (secondary N) is 1. The Morgan fingerprint density at radius 3 is 2.31 bits per heavy atom. The number of ether oxygens (including phenoxy) is 2. The third-order valence-electron chi connectivity index (χ3n) is 7.27. The lowest BCUT2D eigenvalue weighted by Crippen LogP contribution is -2.52. The van der Waals surface area contributed by atoms with Crippen LogP contribution in [-0.2, 0) is 26.2 Å². The zero-order valence-electron chi connectivity index (χ0n) is 24.2. The summed E-state index contributed by atoms with van der Waals surface area (Å²) >= 11 is 0. The molecule has 0 saturated heterocycles. The van der Waals surface area contributed by atoms with Crippen molar-refractivity contribution in [1.29, 1.82) is 0 Å². The van der Waals surface area contributed by atoms with Gasteiger partial charge in [0, 0.05) is 18.7 Å². The van der Waals surface area contributed by atoms with E-state index in [1.165, 1.54) is 35.2 Å². The molecule has 0 aliphatic carbocycles. The van der Waals surface area contributed by atoms with Crippen LogP contribution in [0.15, 0.2) is 71.6 Å². The number of hydrogen-bond donors (Lipinski definition) is 1. The number of carbonyl (C=O) groups excluding carboxylic acids is 2. The van der Waals surface area contributed by atoms with Crippen LogP contribution in [0.2, 0.25) is 0 Å². The van der Waals surface area contributed by atoms with Crippen LogP contribution < -0.4 is 19.1 Å². The number of hydrogen-bond acceptors (Lipinski definition) is 6. The van der Waals surface area contributed by atoms with Gasteiger partial charge >= 0.3 is 0 Å². The van der Waals surface area contributed by atoms with E-state index in [1.807, 2.05) is 45.0 Å². The van der Waals surface area contributed by atoms with Crippen LogP contribution in [-0.4, -0.2) is 57.0 Å². The van der Waals surface area contributed by atoms with Gasteiger partial charge < -0.3 is 19.7 Å². The van der Waals surface area contributed by atoms with Gasteiger partial charge in [0.05, 0.1) is 10.6 Å². The van der Waals surface area contributed by atoms with E-state index in [-0.39, 0.29) is 41.4 Å². The molecule has 0 aromatic heterocycles. The molecule has 2 atom stereocenters. The van der Waals surface area contributed by atoms with Gasteiger partial charge in [0.25, 0.3) is 10.0 Å². The maximum Gasteiger partial charge on any atom is 0.264 e. The fourth-order valence-corrected chi connectivity index (χ4v) is 5.90. The second-order valence-electron chi connectivity index (χ2n) is 10.2. The average molecular weight is 598 g/mol. The average Bonchev–Trinajstić information content (AvgIpc) is 2.99. The van der Waals surface area contributed by atoms with E-state index < -0.39 is 34.3 Å². The van der Waals surface area contributed by atoms with Gasteiger partial charge in [-0.2, -0.15) is 0 Å². The van der Waals surface area contributed by atoms with Crippen molar-refractivity contribution in [2.24, 2.45) is 0 Å². The molecule has 0 radical (unpaired) electrons. The summed E-state index contributed by atoms with van der Waals surface area (Å²) in [6.45, 7) is 7.39. The lowest BCUT2D eigenvalue weighted by molar-refractivity contribution is -0.139. The number of benzene rings is 3. The number of anilines is 1. The zero-order chi connectivity index (χ0) is 30.4. The molecular weight excluding hydrogens is 561 g/mol. The van der Waals surface area contributed by atoms with Crippen LogP contribution in [0.5, 0.6) is 11.5 Å². The Kier molecular flexibility index (Phi) is 9.72. The van der Waals surface area contributed by atoms with Crippen molar-refractivity contribution in [1.82, 2.24) is 10.2 Å². The maximum atomic E-state index is 14.0. The predicted molar refractivity (Wildman–Crippen MR) is 157 cm³/mol. The molecule has 0 unspecified atom stereocenters. The zero-order valence-corrected chi connectivity index (χ0v) is 25.0. The molecule has 42 heavy (non-hydrogen) atoms. The van der Waals surface area contributed by atoms with E-state index in [0.29, 0.717) is 18.8 Å². The van der Waals surface area contributed by atoms with Crippen LogP contribution in [0, 0.1) is 12.7 Å². The summed E-state index contributed by atoms with van der Waals surface area (Å²) in [5.41, 5.74) is 1.83. The van der Waals surface area contributed by atoms with Gasteiger partial charge in [0.1, 0.15) is 31.6 Å². The maximum absolute atomic E-state index is 14.0. The number of fused-ring (bicyclic) bond motifs is 1. The second kappa shape index (κ2) is 13.2. The molecule has 11 heteroatoms. The number of rotatable bonds is 11.